The zero-order valence-corrected chi connectivity index (χ0v) is 44.7. The SMILES string of the molecule is CC(C)(C)c1ccnc(-c2[c-]cccc2)c1.Cc1cc(C(C)(C)C)cc(C)c1-c1cc(C(C)C)c(-n2c(-c3[c-]ccc4c3oc3nc5c(cc34)oc3ccccc35)nc3ccccc32)c(C(C)C)c1.[Ir]. The number of aryl methyl sites for hydroxylation is 2. The molecule has 5 aromatic heterocycles. The number of hydrogen-bond donors (Lipinski definition) is 0. The van der Waals surface area contributed by atoms with Crippen LogP contribution >= 0.6 is 0 Å². The van der Waals surface area contributed by atoms with E-state index in [1.807, 2.05) is 60.8 Å². The Kier molecular flexibility index (Phi) is 12.8. The molecule has 0 amide bonds. The first-order valence-electron chi connectivity index (χ1n) is 24.2. The van der Waals surface area contributed by atoms with E-state index in [0.717, 1.165) is 66.5 Å². The summed E-state index contributed by atoms with van der Waals surface area (Å²) in [5.41, 5.74) is 20.3. The van der Waals surface area contributed by atoms with Crippen LogP contribution in [0.3, 0.4) is 0 Å². The Hall–Kier alpha value is -6.66. The number of nitrogens with zero attached hydrogens (tertiary/aromatic N) is 4. The van der Waals surface area contributed by atoms with Gasteiger partial charge in [0.15, 0.2) is 5.58 Å². The third kappa shape index (κ3) is 8.80. The topological polar surface area (TPSA) is 69.9 Å². The number of hydrogen-bond acceptors (Lipinski definition) is 5. The van der Waals surface area contributed by atoms with Crippen molar-refractivity contribution in [2.24, 2.45) is 0 Å². The van der Waals surface area contributed by atoms with Gasteiger partial charge in [0.1, 0.15) is 11.1 Å². The molecule has 0 aliphatic heterocycles. The van der Waals surface area contributed by atoms with Gasteiger partial charge in [-0.25, -0.2) is 4.98 Å². The van der Waals surface area contributed by atoms with Crippen LogP contribution in [0.1, 0.15) is 114 Å². The van der Waals surface area contributed by atoms with E-state index in [1.54, 1.807) is 0 Å². The molecule has 0 spiro atoms. The van der Waals surface area contributed by atoms with Crippen molar-refractivity contribution in [1.82, 2.24) is 19.5 Å². The molecule has 11 aromatic rings. The summed E-state index contributed by atoms with van der Waals surface area (Å²) in [7, 11) is 0. The normalized spacial score (nSPS) is 12.1. The molecule has 7 heteroatoms. The van der Waals surface area contributed by atoms with E-state index in [0.29, 0.717) is 11.3 Å². The molecular formula is C63H60IrN4O2-2. The fourth-order valence-corrected chi connectivity index (χ4v) is 9.79. The maximum atomic E-state index is 6.71. The molecule has 70 heavy (non-hydrogen) atoms. The van der Waals surface area contributed by atoms with Crippen LogP contribution in [-0.2, 0) is 30.9 Å². The third-order valence-corrected chi connectivity index (χ3v) is 13.5. The van der Waals surface area contributed by atoms with Crippen LogP contribution in [0.2, 0.25) is 0 Å². The summed E-state index contributed by atoms with van der Waals surface area (Å²) in [4.78, 5) is 14.7. The van der Waals surface area contributed by atoms with Gasteiger partial charge in [-0.1, -0.05) is 123 Å². The molecular weight excluding hydrogens is 1040 g/mol. The first-order valence-corrected chi connectivity index (χ1v) is 24.2. The van der Waals surface area contributed by atoms with Gasteiger partial charge < -0.3 is 18.4 Å². The smallest absolute Gasteiger partial charge is 0.216 e. The van der Waals surface area contributed by atoms with Crippen LogP contribution in [0.15, 0.2) is 142 Å². The number of benzene rings is 6. The van der Waals surface area contributed by atoms with Crippen molar-refractivity contribution >= 4 is 55.2 Å². The minimum atomic E-state index is 0. The van der Waals surface area contributed by atoms with E-state index >= 15 is 0 Å². The monoisotopic (exact) mass is 1100 g/mol. The van der Waals surface area contributed by atoms with Gasteiger partial charge in [0.2, 0.25) is 5.71 Å². The van der Waals surface area contributed by atoms with Gasteiger partial charge in [-0.3, -0.25) is 4.98 Å². The number of aromatic nitrogens is 4. The third-order valence-electron chi connectivity index (χ3n) is 13.5. The average Bonchev–Trinajstić information content (AvgIpc) is 4.01. The van der Waals surface area contributed by atoms with Crippen LogP contribution in [0, 0.1) is 26.0 Å². The molecule has 1 radical (unpaired) electrons. The minimum absolute atomic E-state index is 0. The number of fused-ring (bicyclic) bond motifs is 7. The van der Waals surface area contributed by atoms with Crippen molar-refractivity contribution in [3.63, 3.8) is 0 Å². The van der Waals surface area contributed by atoms with E-state index in [-0.39, 0.29) is 42.8 Å². The Morgan fingerprint density at radius 1 is 0.600 bits per heavy atom. The molecule has 0 aliphatic carbocycles. The Morgan fingerprint density at radius 2 is 1.27 bits per heavy atom. The first kappa shape index (κ1) is 48.4. The van der Waals surface area contributed by atoms with E-state index in [1.165, 1.54) is 50.2 Å². The first-order chi connectivity index (χ1) is 33.0. The van der Waals surface area contributed by atoms with E-state index in [9.17, 15) is 0 Å². The zero-order valence-electron chi connectivity index (χ0n) is 42.3. The fourth-order valence-electron chi connectivity index (χ4n) is 9.79. The second-order valence-corrected chi connectivity index (χ2v) is 21.2. The van der Waals surface area contributed by atoms with Gasteiger partial charge in [0, 0.05) is 42.8 Å². The quantitative estimate of drug-likeness (QED) is 0.155. The molecule has 0 atom stereocenters. The van der Waals surface area contributed by atoms with E-state index in [2.05, 4.69) is 178 Å². The molecule has 0 fully saturated rings. The summed E-state index contributed by atoms with van der Waals surface area (Å²) in [5.74, 6) is 1.28. The average molecular weight is 1100 g/mol. The molecule has 0 aliphatic rings. The van der Waals surface area contributed by atoms with Crippen molar-refractivity contribution in [2.45, 2.75) is 106 Å². The van der Waals surface area contributed by atoms with Gasteiger partial charge >= 0.3 is 0 Å². The second-order valence-electron chi connectivity index (χ2n) is 21.2. The molecule has 0 bridgehead atoms. The van der Waals surface area contributed by atoms with Crippen molar-refractivity contribution in [3.8, 4) is 39.5 Å². The van der Waals surface area contributed by atoms with Gasteiger partial charge in [0.05, 0.1) is 22.4 Å². The van der Waals surface area contributed by atoms with Crippen molar-refractivity contribution < 1.29 is 28.9 Å². The molecule has 0 saturated carbocycles. The van der Waals surface area contributed by atoms with Crippen LogP contribution in [0.5, 0.6) is 0 Å². The minimum Gasteiger partial charge on any atom is -0.486 e. The number of para-hydroxylation sites is 3. The maximum Gasteiger partial charge on any atom is 0.216 e. The van der Waals surface area contributed by atoms with Crippen molar-refractivity contribution in [1.29, 1.82) is 0 Å². The number of imidazole rings is 1. The zero-order chi connectivity index (χ0) is 48.5. The molecule has 5 heterocycles. The summed E-state index contributed by atoms with van der Waals surface area (Å²) in [6, 6.07) is 51.0. The van der Waals surface area contributed by atoms with Crippen molar-refractivity contribution in [3.05, 3.63) is 179 Å². The number of pyridine rings is 2. The van der Waals surface area contributed by atoms with Crippen molar-refractivity contribution in [2.75, 3.05) is 0 Å². The maximum absolute atomic E-state index is 6.71. The van der Waals surface area contributed by atoms with Gasteiger partial charge in [-0.2, -0.15) is 0 Å². The standard InChI is InChI=1S/C48H44N3O2.C15H16N.Ir/c1-26(2)35-23-30(42-28(5)21-31(22-29(42)6)48(7,8)9)24-36(27(3)4)44(35)51-39-19-12-11-18-38(39)49-46(51)34-17-14-16-32-37-25-41-43(50-47(37)53-45(32)34)33-15-10-13-20-40(33)52-41;1-15(2,3)13-9-10-16-14(11-13)12-7-5-4-6-8-12;/h10-16,18-27H,1-9H3;4-7,9-11H,1-3H3;/q2*-1;. The fraction of sp³-hybridized carbons (Fsp3) is 0.254. The summed E-state index contributed by atoms with van der Waals surface area (Å²) in [6.07, 6.45) is 1.87. The Balaban J connectivity index is 0.000000304. The molecule has 0 unspecified atom stereocenters. The van der Waals surface area contributed by atoms with Crippen LogP contribution in [-0.4, -0.2) is 19.5 Å². The number of furan rings is 2. The van der Waals surface area contributed by atoms with Crippen LogP contribution in [0.25, 0.3) is 94.6 Å². The summed E-state index contributed by atoms with van der Waals surface area (Å²) in [5, 5.41) is 2.83. The molecule has 0 N–H and O–H groups in total. The van der Waals surface area contributed by atoms with Gasteiger partial charge in [-0.05, 0) is 135 Å². The summed E-state index contributed by atoms with van der Waals surface area (Å²) in [6.45, 7) is 27.2. The second kappa shape index (κ2) is 18.6. The Labute approximate surface area is 425 Å². The van der Waals surface area contributed by atoms with E-state index < -0.39 is 0 Å². The van der Waals surface area contributed by atoms with Crippen LogP contribution < -0.4 is 0 Å². The molecule has 6 nitrogen and oxygen atoms in total. The number of rotatable bonds is 6. The van der Waals surface area contributed by atoms with Crippen LogP contribution in [0.4, 0.5) is 0 Å². The van der Waals surface area contributed by atoms with Gasteiger partial charge in [-0.15, -0.1) is 54.1 Å². The molecule has 11 rings (SSSR count). The Bertz CT molecular complexity index is 3670. The predicted molar refractivity (Wildman–Crippen MR) is 287 cm³/mol. The largest absolute Gasteiger partial charge is 0.486 e. The van der Waals surface area contributed by atoms with E-state index in [4.69, 9.17) is 18.8 Å². The van der Waals surface area contributed by atoms with Gasteiger partial charge in [0.25, 0.3) is 0 Å². The predicted octanol–water partition coefficient (Wildman–Crippen LogP) is 17.4. The Morgan fingerprint density at radius 3 is 1.94 bits per heavy atom. The summed E-state index contributed by atoms with van der Waals surface area (Å²) < 4.78 is 15.3. The molecule has 355 valence electrons. The molecule has 6 aromatic carbocycles. The summed E-state index contributed by atoms with van der Waals surface area (Å²) >= 11 is 0. The molecule has 0 saturated heterocycles.